The van der Waals surface area contributed by atoms with Crippen LogP contribution in [0, 0.1) is 5.92 Å². The summed E-state index contributed by atoms with van der Waals surface area (Å²) in [6.07, 6.45) is 3.29. The molecule has 1 atom stereocenters. The van der Waals surface area contributed by atoms with Gasteiger partial charge in [0.05, 0.1) is 6.54 Å². The van der Waals surface area contributed by atoms with E-state index in [4.69, 9.17) is 12.2 Å². The second-order valence-corrected chi connectivity index (χ2v) is 6.15. The molecule has 2 N–H and O–H groups in total. The summed E-state index contributed by atoms with van der Waals surface area (Å²) < 4.78 is 0. The van der Waals surface area contributed by atoms with Crippen LogP contribution in [0.2, 0.25) is 0 Å². The van der Waals surface area contributed by atoms with Crippen molar-refractivity contribution in [3.05, 3.63) is 0 Å². The molecule has 0 aromatic carbocycles. The van der Waals surface area contributed by atoms with Crippen molar-refractivity contribution in [2.75, 3.05) is 45.8 Å². The van der Waals surface area contributed by atoms with Crippen molar-refractivity contribution in [1.29, 1.82) is 0 Å². The lowest BCUT2D eigenvalue weighted by atomic mass is 10.1. The maximum atomic E-state index is 12.4. The molecule has 0 aromatic heterocycles. The third kappa shape index (κ3) is 5.05. The van der Waals surface area contributed by atoms with Crippen LogP contribution in [0.5, 0.6) is 0 Å². The molecular weight excluding hydrogens is 314 g/mol. The number of hydrogen-bond donors (Lipinski definition) is 2. The van der Waals surface area contributed by atoms with E-state index in [-0.39, 0.29) is 16.9 Å². The molecule has 0 bridgehead atoms. The second-order valence-electron chi connectivity index (χ2n) is 5.76. The lowest BCUT2D eigenvalue weighted by molar-refractivity contribution is -0.137. The van der Waals surface area contributed by atoms with Gasteiger partial charge in [-0.3, -0.25) is 24.4 Å². The number of carbonyl (C=O) groups excluding carboxylic acids is 2. The van der Waals surface area contributed by atoms with Gasteiger partial charge in [-0.15, -0.1) is 0 Å². The fourth-order valence-electron chi connectivity index (χ4n) is 2.60. The molecule has 0 aromatic rings. The first-order chi connectivity index (χ1) is 11.1. The minimum atomic E-state index is -0.860. The number of rotatable bonds is 7. The molecule has 2 rings (SSSR count). The fourth-order valence-corrected chi connectivity index (χ4v) is 2.89. The van der Waals surface area contributed by atoms with E-state index in [1.807, 2.05) is 6.92 Å². The van der Waals surface area contributed by atoms with Gasteiger partial charge < -0.3 is 10.6 Å². The van der Waals surface area contributed by atoms with Gasteiger partial charge in [-0.1, -0.05) is 13.3 Å². The van der Waals surface area contributed by atoms with E-state index >= 15 is 0 Å². The lowest BCUT2D eigenvalue weighted by Gasteiger charge is -2.31. The maximum Gasteiger partial charge on any atom is 0.246 e. The molecule has 128 valence electrons. The van der Waals surface area contributed by atoms with Gasteiger partial charge in [-0.05, 0) is 18.6 Å². The quantitative estimate of drug-likeness (QED) is 0.376. The van der Waals surface area contributed by atoms with Crippen molar-refractivity contribution < 1.29 is 9.59 Å². The maximum absolute atomic E-state index is 12.4. The number of hydrogen-bond acceptors (Lipinski definition) is 6. The van der Waals surface area contributed by atoms with Gasteiger partial charge in [-0.25, -0.2) is 0 Å². The number of aliphatic imine (C=N–C) groups is 1. The number of piperazine rings is 1. The van der Waals surface area contributed by atoms with Gasteiger partial charge in [0.2, 0.25) is 11.8 Å². The van der Waals surface area contributed by atoms with Crippen LogP contribution in [-0.2, 0) is 9.59 Å². The zero-order valence-corrected chi connectivity index (χ0v) is 14.4. The molecule has 23 heavy (non-hydrogen) atoms. The zero-order valence-electron chi connectivity index (χ0n) is 13.6. The SMILES string of the molecule is CCCCN1C(=O)[C@H](C=NCCN2CCNCC2)C(=O)NC1=S. The molecule has 0 spiro atoms. The first-order valence-electron chi connectivity index (χ1n) is 8.22. The van der Waals surface area contributed by atoms with E-state index in [9.17, 15) is 9.59 Å². The van der Waals surface area contributed by atoms with Gasteiger partial charge in [0.1, 0.15) is 0 Å². The van der Waals surface area contributed by atoms with Crippen molar-refractivity contribution >= 4 is 35.4 Å². The molecular formula is C15H25N5O2S. The summed E-state index contributed by atoms with van der Waals surface area (Å²) in [5.41, 5.74) is 0. The van der Waals surface area contributed by atoms with Crippen LogP contribution in [0.1, 0.15) is 19.8 Å². The number of thiocarbonyl (C=S) groups is 1. The van der Waals surface area contributed by atoms with Gasteiger partial charge in [0.15, 0.2) is 11.0 Å². The summed E-state index contributed by atoms with van der Waals surface area (Å²) in [6, 6.07) is 0. The molecule has 2 amide bonds. The summed E-state index contributed by atoms with van der Waals surface area (Å²) >= 11 is 5.08. The Hall–Kier alpha value is -1.38. The van der Waals surface area contributed by atoms with Crippen LogP contribution >= 0.6 is 12.2 Å². The highest BCUT2D eigenvalue weighted by molar-refractivity contribution is 7.80. The number of nitrogens with zero attached hydrogens (tertiary/aromatic N) is 3. The highest BCUT2D eigenvalue weighted by Crippen LogP contribution is 2.10. The summed E-state index contributed by atoms with van der Waals surface area (Å²) in [5, 5.41) is 6.10. The molecule has 2 saturated heterocycles. The van der Waals surface area contributed by atoms with Crippen molar-refractivity contribution in [2.45, 2.75) is 19.8 Å². The summed E-state index contributed by atoms with van der Waals surface area (Å²) in [4.78, 5) is 32.5. The first kappa shape index (κ1) is 18.0. The molecule has 0 saturated carbocycles. The predicted octanol–water partition coefficient (Wildman–Crippen LogP) is -0.378. The molecule has 7 nitrogen and oxygen atoms in total. The van der Waals surface area contributed by atoms with E-state index in [0.29, 0.717) is 13.1 Å². The molecule has 2 aliphatic rings. The summed E-state index contributed by atoms with van der Waals surface area (Å²) in [7, 11) is 0. The topological polar surface area (TPSA) is 77.0 Å². The largest absolute Gasteiger partial charge is 0.314 e. The Balaban J connectivity index is 1.86. The van der Waals surface area contributed by atoms with E-state index in [0.717, 1.165) is 45.6 Å². The van der Waals surface area contributed by atoms with E-state index in [2.05, 4.69) is 20.5 Å². The molecule has 2 aliphatic heterocycles. The Morgan fingerprint density at radius 3 is 2.74 bits per heavy atom. The third-order valence-corrected chi connectivity index (χ3v) is 4.36. The van der Waals surface area contributed by atoms with Crippen LogP contribution in [0.15, 0.2) is 4.99 Å². The molecule has 2 fully saturated rings. The Labute approximate surface area is 142 Å². The van der Waals surface area contributed by atoms with Gasteiger partial charge >= 0.3 is 0 Å². The van der Waals surface area contributed by atoms with E-state index in [1.54, 1.807) is 0 Å². The van der Waals surface area contributed by atoms with Crippen molar-refractivity contribution in [3.63, 3.8) is 0 Å². The Bertz CT molecular complexity index is 476. The minimum Gasteiger partial charge on any atom is -0.314 e. The smallest absolute Gasteiger partial charge is 0.246 e. The Kier molecular flexibility index (Phi) is 7.07. The van der Waals surface area contributed by atoms with Crippen LogP contribution in [-0.4, -0.2) is 78.8 Å². The summed E-state index contributed by atoms with van der Waals surface area (Å²) in [6.45, 7) is 8.04. The molecule has 0 unspecified atom stereocenters. The fraction of sp³-hybridized carbons (Fsp3) is 0.733. The van der Waals surface area contributed by atoms with Crippen LogP contribution in [0.25, 0.3) is 0 Å². The van der Waals surface area contributed by atoms with Crippen molar-refractivity contribution in [2.24, 2.45) is 10.9 Å². The van der Waals surface area contributed by atoms with Crippen molar-refractivity contribution in [3.8, 4) is 0 Å². The number of amides is 2. The number of carbonyl (C=O) groups is 2. The Morgan fingerprint density at radius 1 is 1.30 bits per heavy atom. The Morgan fingerprint density at radius 2 is 2.04 bits per heavy atom. The number of unbranched alkanes of at least 4 members (excludes halogenated alkanes) is 1. The monoisotopic (exact) mass is 339 g/mol. The standard InChI is InChI=1S/C15H25N5O2S/c1-2-3-7-20-14(22)12(13(21)18-15(20)23)11-17-6-10-19-8-4-16-5-9-19/h11-12,16H,2-10H2,1H3,(H,18,21,23)/t12-/m1/s1. The molecule has 8 heteroatoms. The summed E-state index contributed by atoms with van der Waals surface area (Å²) in [5.74, 6) is -1.50. The van der Waals surface area contributed by atoms with E-state index in [1.165, 1.54) is 11.1 Å². The average molecular weight is 339 g/mol. The third-order valence-electron chi connectivity index (χ3n) is 4.03. The lowest BCUT2D eigenvalue weighted by Crippen LogP contribution is -2.58. The van der Waals surface area contributed by atoms with Crippen LogP contribution < -0.4 is 10.6 Å². The molecule has 0 aliphatic carbocycles. The first-order valence-corrected chi connectivity index (χ1v) is 8.63. The number of nitrogens with one attached hydrogen (secondary N) is 2. The molecule has 2 heterocycles. The van der Waals surface area contributed by atoms with E-state index < -0.39 is 5.92 Å². The highest BCUT2D eigenvalue weighted by atomic mass is 32.1. The normalized spacial score (nSPS) is 23.6. The average Bonchev–Trinajstić information content (AvgIpc) is 2.54. The van der Waals surface area contributed by atoms with Gasteiger partial charge in [0, 0.05) is 45.5 Å². The van der Waals surface area contributed by atoms with Crippen LogP contribution in [0.3, 0.4) is 0 Å². The predicted molar refractivity (Wildman–Crippen MR) is 93.5 cm³/mol. The van der Waals surface area contributed by atoms with Crippen molar-refractivity contribution in [1.82, 2.24) is 20.4 Å². The van der Waals surface area contributed by atoms with Crippen LogP contribution in [0.4, 0.5) is 0 Å². The van der Waals surface area contributed by atoms with Gasteiger partial charge in [-0.2, -0.15) is 0 Å². The minimum absolute atomic E-state index is 0.207. The highest BCUT2D eigenvalue weighted by Gasteiger charge is 2.36. The zero-order chi connectivity index (χ0) is 16.7. The van der Waals surface area contributed by atoms with Gasteiger partial charge in [0.25, 0.3) is 0 Å². The second kappa shape index (κ2) is 9.05. The molecule has 0 radical (unpaired) electrons.